The Bertz CT molecular complexity index is 695. The van der Waals surface area contributed by atoms with E-state index in [1.165, 1.54) is 0 Å². The molecule has 2 aromatic rings. The second-order valence-corrected chi connectivity index (χ2v) is 6.93. The van der Waals surface area contributed by atoms with Crippen molar-refractivity contribution in [3.05, 3.63) is 18.2 Å². The number of hydrogen-bond donors (Lipinski definition) is 0. The summed E-state index contributed by atoms with van der Waals surface area (Å²) in [6, 6.07) is 5.91. The molecule has 130 valence electrons. The first-order chi connectivity index (χ1) is 11.7. The van der Waals surface area contributed by atoms with Crippen LogP contribution in [0.4, 0.5) is 5.13 Å². The molecule has 0 radical (unpaired) electrons. The summed E-state index contributed by atoms with van der Waals surface area (Å²) in [4.78, 5) is 19.2. The number of fused-ring (bicyclic) bond motifs is 1. The van der Waals surface area contributed by atoms with E-state index >= 15 is 0 Å². The molecule has 1 amide bonds. The number of amides is 1. The van der Waals surface area contributed by atoms with Gasteiger partial charge in [-0.05, 0) is 38.3 Å². The maximum atomic E-state index is 12.6. The zero-order valence-electron chi connectivity index (χ0n) is 14.3. The van der Waals surface area contributed by atoms with Crippen molar-refractivity contribution in [2.24, 2.45) is 0 Å². The molecule has 1 aliphatic heterocycles. The van der Waals surface area contributed by atoms with Crippen molar-refractivity contribution in [3.63, 3.8) is 0 Å². The molecular formula is C18H24N2O3S. The van der Waals surface area contributed by atoms with Gasteiger partial charge in [-0.1, -0.05) is 24.3 Å². The minimum atomic E-state index is 0.115. The van der Waals surface area contributed by atoms with E-state index in [9.17, 15) is 4.79 Å². The molecule has 0 bridgehead atoms. The lowest BCUT2D eigenvalue weighted by Gasteiger charge is -2.22. The SMILES string of the molecule is CCCC(=O)N(CC1CCCO1)c1nc2c(OCC)cccc2s1. The Kier molecular flexibility index (Phi) is 5.68. The van der Waals surface area contributed by atoms with Crippen molar-refractivity contribution in [1.29, 1.82) is 0 Å². The lowest BCUT2D eigenvalue weighted by Crippen LogP contribution is -2.37. The highest BCUT2D eigenvalue weighted by Crippen LogP contribution is 2.35. The molecule has 1 atom stereocenters. The third-order valence-electron chi connectivity index (χ3n) is 4.08. The number of ether oxygens (including phenoxy) is 2. The Morgan fingerprint density at radius 2 is 2.33 bits per heavy atom. The molecule has 0 aliphatic carbocycles. The number of benzene rings is 1. The van der Waals surface area contributed by atoms with E-state index in [4.69, 9.17) is 14.5 Å². The molecule has 1 unspecified atom stereocenters. The first-order valence-electron chi connectivity index (χ1n) is 8.67. The third-order valence-corrected chi connectivity index (χ3v) is 5.12. The number of hydrogen-bond acceptors (Lipinski definition) is 5. The lowest BCUT2D eigenvalue weighted by molar-refractivity contribution is -0.119. The molecule has 3 rings (SSSR count). The van der Waals surface area contributed by atoms with Crippen LogP contribution in [0.2, 0.25) is 0 Å². The van der Waals surface area contributed by atoms with Crippen molar-refractivity contribution in [2.75, 3.05) is 24.7 Å². The molecule has 6 heteroatoms. The van der Waals surface area contributed by atoms with E-state index in [2.05, 4.69) is 0 Å². The van der Waals surface area contributed by atoms with Gasteiger partial charge in [0.15, 0.2) is 5.13 Å². The third kappa shape index (κ3) is 3.70. The summed E-state index contributed by atoms with van der Waals surface area (Å²) in [6.07, 6.45) is 3.54. The normalized spacial score (nSPS) is 17.3. The van der Waals surface area contributed by atoms with Crippen LogP contribution in [-0.2, 0) is 9.53 Å². The van der Waals surface area contributed by atoms with Crippen LogP contribution in [0.3, 0.4) is 0 Å². The summed E-state index contributed by atoms with van der Waals surface area (Å²) in [5.74, 6) is 0.891. The fraction of sp³-hybridized carbons (Fsp3) is 0.556. The summed E-state index contributed by atoms with van der Waals surface area (Å²) < 4.78 is 12.4. The minimum absolute atomic E-state index is 0.115. The Labute approximate surface area is 146 Å². The number of rotatable bonds is 7. The van der Waals surface area contributed by atoms with Crippen molar-refractivity contribution in [3.8, 4) is 5.75 Å². The molecule has 2 heterocycles. The molecule has 1 saturated heterocycles. The van der Waals surface area contributed by atoms with Gasteiger partial charge < -0.3 is 9.47 Å². The standard InChI is InChI=1S/C18H24N2O3S/c1-3-7-16(21)20(12-13-8-6-11-23-13)18-19-17-14(22-4-2)9-5-10-15(17)24-18/h5,9-10,13H,3-4,6-8,11-12H2,1-2H3. The Hall–Kier alpha value is -1.66. The van der Waals surface area contributed by atoms with E-state index in [0.717, 1.165) is 47.0 Å². The van der Waals surface area contributed by atoms with Crippen LogP contribution in [0.15, 0.2) is 18.2 Å². The van der Waals surface area contributed by atoms with E-state index in [0.29, 0.717) is 19.6 Å². The lowest BCUT2D eigenvalue weighted by atomic mass is 10.2. The molecule has 24 heavy (non-hydrogen) atoms. The van der Waals surface area contributed by atoms with Gasteiger partial charge in [0.25, 0.3) is 0 Å². The maximum absolute atomic E-state index is 12.6. The van der Waals surface area contributed by atoms with Crippen molar-refractivity contribution in [2.45, 2.75) is 45.6 Å². The minimum Gasteiger partial charge on any atom is -0.492 e. The van der Waals surface area contributed by atoms with Gasteiger partial charge in [0.1, 0.15) is 11.3 Å². The van der Waals surface area contributed by atoms with Gasteiger partial charge in [-0.2, -0.15) is 0 Å². The molecule has 1 fully saturated rings. The zero-order valence-corrected chi connectivity index (χ0v) is 15.1. The van der Waals surface area contributed by atoms with Gasteiger partial charge in [0.2, 0.25) is 5.91 Å². The Morgan fingerprint density at radius 3 is 3.04 bits per heavy atom. The summed E-state index contributed by atoms with van der Waals surface area (Å²) in [5, 5.41) is 0.742. The topological polar surface area (TPSA) is 51.7 Å². The van der Waals surface area contributed by atoms with Crippen LogP contribution in [0.25, 0.3) is 10.2 Å². The van der Waals surface area contributed by atoms with Gasteiger partial charge in [0.05, 0.1) is 24.0 Å². The van der Waals surface area contributed by atoms with Gasteiger partial charge in [-0.15, -0.1) is 0 Å². The summed E-state index contributed by atoms with van der Waals surface area (Å²) in [6.45, 7) is 5.95. The average Bonchev–Trinajstić information content (AvgIpc) is 3.22. The van der Waals surface area contributed by atoms with E-state index < -0.39 is 0 Å². The van der Waals surface area contributed by atoms with Gasteiger partial charge in [0, 0.05) is 13.0 Å². The van der Waals surface area contributed by atoms with Crippen LogP contribution < -0.4 is 9.64 Å². The number of anilines is 1. The number of aromatic nitrogens is 1. The van der Waals surface area contributed by atoms with Crippen molar-refractivity contribution < 1.29 is 14.3 Å². The molecule has 5 nitrogen and oxygen atoms in total. The van der Waals surface area contributed by atoms with E-state index in [1.807, 2.05) is 32.0 Å². The van der Waals surface area contributed by atoms with Crippen LogP contribution in [-0.4, -0.2) is 36.8 Å². The largest absolute Gasteiger partial charge is 0.492 e. The maximum Gasteiger partial charge on any atom is 0.228 e. The highest BCUT2D eigenvalue weighted by molar-refractivity contribution is 7.22. The fourth-order valence-electron chi connectivity index (χ4n) is 2.93. The second-order valence-electron chi connectivity index (χ2n) is 5.92. The van der Waals surface area contributed by atoms with E-state index in [-0.39, 0.29) is 12.0 Å². The second kappa shape index (κ2) is 7.94. The first kappa shape index (κ1) is 17.2. The molecule has 0 spiro atoms. The van der Waals surface area contributed by atoms with Gasteiger partial charge in [-0.25, -0.2) is 4.98 Å². The molecule has 1 aromatic heterocycles. The quantitative estimate of drug-likeness (QED) is 0.759. The van der Waals surface area contributed by atoms with Crippen LogP contribution in [0, 0.1) is 0 Å². The summed E-state index contributed by atoms with van der Waals surface area (Å²) in [7, 11) is 0. The number of carbonyl (C=O) groups excluding carboxylic acids is 1. The fourth-order valence-corrected chi connectivity index (χ4v) is 3.94. The van der Waals surface area contributed by atoms with Crippen LogP contribution in [0.1, 0.15) is 39.5 Å². The number of nitrogens with zero attached hydrogens (tertiary/aromatic N) is 2. The predicted octanol–water partition coefficient (Wildman–Crippen LogP) is 4.01. The zero-order chi connectivity index (χ0) is 16.9. The van der Waals surface area contributed by atoms with Gasteiger partial charge in [-0.3, -0.25) is 9.69 Å². The monoisotopic (exact) mass is 348 g/mol. The average molecular weight is 348 g/mol. The predicted molar refractivity (Wildman–Crippen MR) is 97.0 cm³/mol. The van der Waals surface area contributed by atoms with Gasteiger partial charge >= 0.3 is 0 Å². The highest BCUT2D eigenvalue weighted by Gasteiger charge is 2.26. The molecule has 0 N–H and O–H groups in total. The van der Waals surface area contributed by atoms with Crippen molar-refractivity contribution >= 4 is 32.6 Å². The van der Waals surface area contributed by atoms with Crippen LogP contribution >= 0.6 is 11.3 Å². The molecule has 1 aliphatic rings. The first-order valence-corrected chi connectivity index (χ1v) is 9.48. The Balaban J connectivity index is 1.92. The Morgan fingerprint density at radius 1 is 1.46 bits per heavy atom. The summed E-state index contributed by atoms with van der Waals surface area (Å²) >= 11 is 1.54. The van der Waals surface area contributed by atoms with Crippen LogP contribution in [0.5, 0.6) is 5.75 Å². The number of carbonyl (C=O) groups is 1. The highest BCUT2D eigenvalue weighted by atomic mass is 32.1. The number of thiazole rings is 1. The smallest absolute Gasteiger partial charge is 0.228 e. The molecular weight excluding hydrogens is 324 g/mol. The molecule has 0 saturated carbocycles. The van der Waals surface area contributed by atoms with E-state index in [1.54, 1.807) is 16.2 Å². The summed E-state index contributed by atoms with van der Waals surface area (Å²) in [5.41, 5.74) is 0.834. The molecule has 1 aromatic carbocycles. The van der Waals surface area contributed by atoms with Crippen molar-refractivity contribution in [1.82, 2.24) is 4.98 Å². The number of para-hydroxylation sites is 1.